The van der Waals surface area contributed by atoms with Gasteiger partial charge in [-0.1, -0.05) is 40.0 Å². The molecule has 0 aromatic carbocycles. The maximum Gasteiger partial charge on any atom is 0.241 e. The molecule has 1 heterocycles. The molecular weight excluding hydrogens is 224 g/mol. The second kappa shape index (κ2) is 6.05. The summed E-state index contributed by atoms with van der Waals surface area (Å²) in [6, 6.07) is 0.0725. The van der Waals surface area contributed by atoms with Gasteiger partial charge < -0.3 is 4.90 Å². The maximum atomic E-state index is 12.4. The van der Waals surface area contributed by atoms with Crippen LogP contribution in [0.2, 0.25) is 0 Å². The lowest BCUT2D eigenvalue weighted by Gasteiger charge is -2.27. The fourth-order valence-corrected chi connectivity index (χ4v) is 2.96. The lowest BCUT2D eigenvalue weighted by Crippen LogP contribution is -2.42. The smallest absolute Gasteiger partial charge is 0.241 e. The summed E-state index contributed by atoms with van der Waals surface area (Å²) in [5, 5.41) is 3.52. The monoisotopic (exact) mass is 252 g/mol. The van der Waals surface area contributed by atoms with Crippen molar-refractivity contribution in [1.82, 2.24) is 10.2 Å². The molecule has 1 aliphatic carbocycles. The van der Waals surface area contributed by atoms with Crippen molar-refractivity contribution < 1.29 is 4.79 Å². The lowest BCUT2D eigenvalue weighted by molar-refractivity contribution is -0.130. The third kappa shape index (κ3) is 3.25. The van der Waals surface area contributed by atoms with Crippen molar-refractivity contribution in [1.29, 1.82) is 0 Å². The van der Waals surface area contributed by atoms with Gasteiger partial charge in [-0.2, -0.15) is 0 Å². The molecule has 1 saturated carbocycles. The molecule has 104 valence electrons. The molecule has 2 unspecified atom stereocenters. The van der Waals surface area contributed by atoms with Gasteiger partial charge in [-0.3, -0.25) is 10.1 Å². The highest BCUT2D eigenvalue weighted by atomic mass is 16.2. The van der Waals surface area contributed by atoms with Crippen LogP contribution in [0, 0.1) is 11.8 Å². The lowest BCUT2D eigenvalue weighted by atomic mass is 10.1. The number of rotatable bonds is 7. The Labute approximate surface area is 111 Å². The van der Waals surface area contributed by atoms with Crippen LogP contribution in [0.3, 0.4) is 0 Å². The van der Waals surface area contributed by atoms with E-state index in [1.807, 2.05) is 0 Å². The van der Waals surface area contributed by atoms with Crippen molar-refractivity contribution in [2.75, 3.05) is 6.54 Å². The van der Waals surface area contributed by atoms with Crippen LogP contribution in [0.25, 0.3) is 0 Å². The SMILES string of the molecule is CCCC1NC(C(C)C)N(CCCC2CC2)C1=O. The van der Waals surface area contributed by atoms with Gasteiger partial charge in [0.1, 0.15) is 0 Å². The number of hydrogen-bond donors (Lipinski definition) is 1. The molecule has 2 aliphatic rings. The minimum Gasteiger partial charge on any atom is -0.326 e. The number of carbonyl (C=O) groups is 1. The molecule has 1 amide bonds. The highest BCUT2D eigenvalue weighted by Crippen LogP contribution is 2.33. The summed E-state index contributed by atoms with van der Waals surface area (Å²) in [6.07, 6.45) is 7.63. The number of hydrogen-bond acceptors (Lipinski definition) is 2. The van der Waals surface area contributed by atoms with E-state index in [9.17, 15) is 4.79 Å². The van der Waals surface area contributed by atoms with Crippen LogP contribution in [-0.2, 0) is 4.79 Å². The first-order chi connectivity index (χ1) is 8.63. The number of carbonyl (C=O) groups excluding carboxylic acids is 1. The van der Waals surface area contributed by atoms with E-state index in [2.05, 4.69) is 31.0 Å². The fraction of sp³-hybridized carbons (Fsp3) is 0.933. The van der Waals surface area contributed by atoms with Crippen LogP contribution < -0.4 is 5.32 Å². The van der Waals surface area contributed by atoms with Gasteiger partial charge >= 0.3 is 0 Å². The van der Waals surface area contributed by atoms with E-state index in [-0.39, 0.29) is 12.2 Å². The van der Waals surface area contributed by atoms with E-state index in [0.717, 1.165) is 25.3 Å². The standard InChI is InChI=1S/C15H28N2O/c1-4-6-13-15(18)17(14(16-13)11(2)3)10-5-7-12-8-9-12/h11-14,16H,4-10H2,1-3H3. The molecule has 18 heavy (non-hydrogen) atoms. The highest BCUT2D eigenvalue weighted by Gasteiger charge is 2.39. The van der Waals surface area contributed by atoms with Gasteiger partial charge in [-0.25, -0.2) is 0 Å². The summed E-state index contributed by atoms with van der Waals surface area (Å²) in [5.41, 5.74) is 0. The normalized spacial score (nSPS) is 28.4. The van der Waals surface area contributed by atoms with Crippen molar-refractivity contribution in [2.24, 2.45) is 11.8 Å². The largest absolute Gasteiger partial charge is 0.326 e. The molecule has 0 aromatic rings. The van der Waals surface area contributed by atoms with Crippen molar-refractivity contribution in [3.8, 4) is 0 Å². The molecule has 1 aliphatic heterocycles. The predicted octanol–water partition coefficient (Wildman–Crippen LogP) is 2.76. The van der Waals surface area contributed by atoms with E-state index < -0.39 is 0 Å². The Bertz CT molecular complexity index is 286. The first-order valence-electron chi connectivity index (χ1n) is 7.70. The number of nitrogens with one attached hydrogen (secondary N) is 1. The van der Waals surface area contributed by atoms with Crippen LogP contribution >= 0.6 is 0 Å². The molecule has 0 aromatic heterocycles. The molecule has 0 bridgehead atoms. The third-order valence-corrected chi connectivity index (χ3v) is 4.21. The van der Waals surface area contributed by atoms with Gasteiger partial charge in [0.2, 0.25) is 5.91 Å². The van der Waals surface area contributed by atoms with E-state index in [4.69, 9.17) is 0 Å². The van der Waals surface area contributed by atoms with Gasteiger partial charge in [0, 0.05) is 6.54 Å². The summed E-state index contributed by atoms with van der Waals surface area (Å²) in [6.45, 7) is 7.50. The first-order valence-corrected chi connectivity index (χ1v) is 7.70. The van der Waals surface area contributed by atoms with Gasteiger partial charge in [-0.15, -0.1) is 0 Å². The summed E-state index contributed by atoms with van der Waals surface area (Å²) in [4.78, 5) is 14.5. The Hall–Kier alpha value is -0.570. The molecular formula is C15H28N2O. The van der Waals surface area contributed by atoms with Crippen molar-refractivity contribution in [2.45, 2.75) is 71.5 Å². The summed E-state index contributed by atoms with van der Waals surface area (Å²) in [7, 11) is 0. The molecule has 2 atom stereocenters. The minimum absolute atomic E-state index is 0.0725. The minimum atomic E-state index is 0.0725. The third-order valence-electron chi connectivity index (χ3n) is 4.21. The molecule has 2 fully saturated rings. The van der Waals surface area contributed by atoms with Crippen LogP contribution in [0.5, 0.6) is 0 Å². The topological polar surface area (TPSA) is 32.3 Å². The predicted molar refractivity (Wildman–Crippen MR) is 74.1 cm³/mol. The number of amides is 1. The molecule has 3 nitrogen and oxygen atoms in total. The second-order valence-corrected chi connectivity index (χ2v) is 6.31. The van der Waals surface area contributed by atoms with Crippen LogP contribution in [0.15, 0.2) is 0 Å². The van der Waals surface area contributed by atoms with Crippen LogP contribution in [-0.4, -0.2) is 29.6 Å². The van der Waals surface area contributed by atoms with Crippen LogP contribution in [0.4, 0.5) is 0 Å². The zero-order valence-corrected chi connectivity index (χ0v) is 12.1. The molecule has 0 radical (unpaired) electrons. The van der Waals surface area contributed by atoms with Gasteiger partial charge in [0.15, 0.2) is 0 Å². The Morgan fingerprint density at radius 1 is 1.33 bits per heavy atom. The Morgan fingerprint density at radius 2 is 2.06 bits per heavy atom. The summed E-state index contributed by atoms with van der Waals surface area (Å²) < 4.78 is 0. The van der Waals surface area contributed by atoms with Gasteiger partial charge in [0.05, 0.1) is 12.2 Å². The van der Waals surface area contributed by atoms with E-state index in [1.54, 1.807) is 0 Å². The van der Waals surface area contributed by atoms with E-state index in [1.165, 1.54) is 25.7 Å². The van der Waals surface area contributed by atoms with Gasteiger partial charge in [-0.05, 0) is 31.1 Å². The first kappa shape index (κ1) is 13.9. The molecule has 0 spiro atoms. The highest BCUT2D eigenvalue weighted by molar-refractivity contribution is 5.84. The Kier molecular flexibility index (Phi) is 4.66. The average Bonchev–Trinajstić information content (AvgIpc) is 3.09. The molecule has 2 rings (SSSR count). The zero-order valence-electron chi connectivity index (χ0n) is 12.1. The van der Waals surface area contributed by atoms with Crippen molar-refractivity contribution in [3.05, 3.63) is 0 Å². The quantitative estimate of drug-likeness (QED) is 0.755. The van der Waals surface area contributed by atoms with Crippen LogP contribution in [0.1, 0.15) is 59.3 Å². The fourth-order valence-electron chi connectivity index (χ4n) is 2.96. The Morgan fingerprint density at radius 3 is 2.61 bits per heavy atom. The van der Waals surface area contributed by atoms with Gasteiger partial charge in [0.25, 0.3) is 0 Å². The molecule has 1 N–H and O–H groups in total. The second-order valence-electron chi connectivity index (χ2n) is 6.31. The summed E-state index contributed by atoms with van der Waals surface area (Å²) >= 11 is 0. The summed E-state index contributed by atoms with van der Waals surface area (Å²) in [5.74, 6) is 1.81. The molecule has 1 saturated heterocycles. The van der Waals surface area contributed by atoms with E-state index >= 15 is 0 Å². The Balaban J connectivity index is 1.87. The van der Waals surface area contributed by atoms with Crippen molar-refractivity contribution >= 4 is 5.91 Å². The molecule has 3 heteroatoms. The number of nitrogens with zero attached hydrogens (tertiary/aromatic N) is 1. The zero-order chi connectivity index (χ0) is 13.1. The average molecular weight is 252 g/mol. The van der Waals surface area contributed by atoms with Crippen molar-refractivity contribution in [3.63, 3.8) is 0 Å². The maximum absolute atomic E-state index is 12.4. The van der Waals surface area contributed by atoms with E-state index in [0.29, 0.717) is 11.8 Å².